The van der Waals surface area contributed by atoms with Crippen LogP contribution in [0.4, 0.5) is 11.5 Å². The first-order chi connectivity index (χ1) is 9.49. The molecule has 5 nitrogen and oxygen atoms in total. The van der Waals surface area contributed by atoms with Crippen LogP contribution in [0.3, 0.4) is 0 Å². The van der Waals surface area contributed by atoms with Crippen LogP contribution in [0.2, 0.25) is 5.02 Å². The van der Waals surface area contributed by atoms with Gasteiger partial charge in [-0.2, -0.15) is 0 Å². The zero-order chi connectivity index (χ0) is 14.7. The number of aromatic nitrogens is 1. The van der Waals surface area contributed by atoms with Crippen molar-refractivity contribution in [2.75, 3.05) is 11.1 Å². The smallest absolute Gasteiger partial charge is 0.259 e. The number of rotatable bonds is 3. The maximum atomic E-state index is 12.2. The normalized spacial score (nSPS) is 10.1. The first-order valence-corrected chi connectivity index (χ1v) is 6.20. The molecule has 0 aliphatic rings. The standard InChI is InChI=1S/C14H12ClN3O2/c1-8(19)13-12(10(15)7-11(16)18-13)14(20)17-9-5-3-2-4-6-9/h2-7H,1H3,(H2,16,18)(H,17,20). The van der Waals surface area contributed by atoms with Gasteiger partial charge in [-0.25, -0.2) is 4.98 Å². The van der Waals surface area contributed by atoms with Crippen molar-refractivity contribution in [3.05, 3.63) is 52.7 Å². The molecule has 0 spiro atoms. The lowest BCUT2D eigenvalue weighted by atomic mass is 10.1. The fourth-order valence-corrected chi connectivity index (χ4v) is 2.01. The highest BCUT2D eigenvalue weighted by Gasteiger charge is 2.21. The van der Waals surface area contributed by atoms with Crippen molar-refractivity contribution < 1.29 is 9.59 Å². The van der Waals surface area contributed by atoms with Crippen molar-refractivity contribution in [1.29, 1.82) is 0 Å². The maximum absolute atomic E-state index is 12.2. The van der Waals surface area contributed by atoms with Crippen LogP contribution in [0.1, 0.15) is 27.8 Å². The quantitative estimate of drug-likeness (QED) is 0.851. The van der Waals surface area contributed by atoms with E-state index < -0.39 is 5.91 Å². The van der Waals surface area contributed by atoms with E-state index in [1.54, 1.807) is 24.3 Å². The Hall–Kier alpha value is -2.40. The number of pyridine rings is 1. The third kappa shape index (κ3) is 2.95. The van der Waals surface area contributed by atoms with E-state index in [2.05, 4.69) is 10.3 Å². The Balaban J connectivity index is 2.42. The predicted molar refractivity (Wildman–Crippen MR) is 78.1 cm³/mol. The van der Waals surface area contributed by atoms with E-state index >= 15 is 0 Å². The minimum absolute atomic E-state index is 0.0252. The number of nitrogens with two attached hydrogens (primary N) is 1. The molecule has 6 heteroatoms. The largest absolute Gasteiger partial charge is 0.384 e. The number of benzene rings is 1. The molecule has 20 heavy (non-hydrogen) atoms. The summed E-state index contributed by atoms with van der Waals surface area (Å²) in [6.45, 7) is 1.30. The van der Waals surface area contributed by atoms with Crippen molar-refractivity contribution >= 4 is 34.8 Å². The summed E-state index contributed by atoms with van der Waals surface area (Å²) in [6, 6.07) is 10.2. The molecule has 0 aliphatic heterocycles. The van der Waals surface area contributed by atoms with Crippen LogP contribution in [0.25, 0.3) is 0 Å². The summed E-state index contributed by atoms with van der Waals surface area (Å²) in [5.74, 6) is -0.784. The minimum Gasteiger partial charge on any atom is -0.384 e. The number of ketones is 1. The molecule has 0 radical (unpaired) electrons. The fourth-order valence-electron chi connectivity index (χ4n) is 1.72. The molecule has 0 saturated carbocycles. The number of nitrogen functional groups attached to an aromatic ring is 1. The van der Waals surface area contributed by atoms with Crippen LogP contribution in [-0.2, 0) is 0 Å². The second kappa shape index (κ2) is 5.71. The molecule has 2 rings (SSSR count). The molecule has 1 heterocycles. The Labute approximate surface area is 120 Å². The number of halogens is 1. The first-order valence-electron chi connectivity index (χ1n) is 5.82. The highest BCUT2D eigenvalue weighted by molar-refractivity contribution is 6.35. The molecule has 0 aliphatic carbocycles. The number of carbonyl (C=O) groups excluding carboxylic acids is 2. The maximum Gasteiger partial charge on any atom is 0.259 e. The van der Waals surface area contributed by atoms with Gasteiger partial charge in [-0.3, -0.25) is 9.59 Å². The van der Waals surface area contributed by atoms with Gasteiger partial charge in [0.05, 0.1) is 10.6 Å². The molecule has 0 saturated heterocycles. The molecule has 0 bridgehead atoms. The van der Waals surface area contributed by atoms with Crippen LogP contribution in [0.5, 0.6) is 0 Å². The van der Waals surface area contributed by atoms with E-state index in [1.165, 1.54) is 13.0 Å². The SMILES string of the molecule is CC(=O)c1nc(N)cc(Cl)c1C(=O)Nc1ccccc1. The van der Waals surface area contributed by atoms with Gasteiger partial charge in [-0.15, -0.1) is 0 Å². The Bertz CT molecular complexity index is 672. The van der Waals surface area contributed by atoms with Crippen molar-refractivity contribution in [3.63, 3.8) is 0 Å². The van der Waals surface area contributed by atoms with Gasteiger partial charge < -0.3 is 11.1 Å². The minimum atomic E-state index is -0.501. The van der Waals surface area contributed by atoms with Gasteiger partial charge in [-0.05, 0) is 18.2 Å². The lowest BCUT2D eigenvalue weighted by Crippen LogP contribution is -2.18. The molecular formula is C14H12ClN3O2. The van der Waals surface area contributed by atoms with Crippen molar-refractivity contribution in [3.8, 4) is 0 Å². The van der Waals surface area contributed by atoms with Gasteiger partial charge in [0.1, 0.15) is 11.5 Å². The molecule has 2 aromatic rings. The molecule has 0 unspecified atom stereocenters. The first kappa shape index (κ1) is 14.0. The van der Waals surface area contributed by atoms with Crippen molar-refractivity contribution in [2.24, 2.45) is 0 Å². The van der Waals surface area contributed by atoms with Crippen LogP contribution < -0.4 is 11.1 Å². The average molecular weight is 290 g/mol. The van der Waals surface area contributed by atoms with Crippen molar-refractivity contribution in [2.45, 2.75) is 6.92 Å². The number of nitrogens with one attached hydrogen (secondary N) is 1. The van der Waals surface area contributed by atoms with Crippen LogP contribution in [0, 0.1) is 0 Å². The molecule has 0 atom stereocenters. The van der Waals surface area contributed by atoms with E-state index in [-0.39, 0.29) is 27.9 Å². The zero-order valence-corrected chi connectivity index (χ0v) is 11.4. The topological polar surface area (TPSA) is 85.1 Å². The number of anilines is 2. The molecule has 3 N–H and O–H groups in total. The Morgan fingerprint density at radius 2 is 1.90 bits per heavy atom. The number of para-hydroxylation sites is 1. The number of amides is 1. The average Bonchev–Trinajstić information content (AvgIpc) is 2.38. The molecule has 1 aromatic heterocycles. The lowest BCUT2D eigenvalue weighted by molar-refractivity contribution is 0.0981. The summed E-state index contributed by atoms with van der Waals surface area (Å²) in [5.41, 5.74) is 6.12. The number of Topliss-reactive ketones (excluding diaryl/α,β-unsaturated/α-hetero) is 1. The van der Waals surface area contributed by atoms with Gasteiger partial charge in [0.2, 0.25) is 0 Å². The number of hydrogen-bond acceptors (Lipinski definition) is 4. The summed E-state index contributed by atoms with van der Waals surface area (Å²) < 4.78 is 0. The van der Waals surface area contributed by atoms with Gasteiger partial charge in [0.15, 0.2) is 5.78 Å². The Morgan fingerprint density at radius 1 is 1.25 bits per heavy atom. The third-order valence-electron chi connectivity index (χ3n) is 2.58. The van der Waals surface area contributed by atoms with Gasteiger partial charge in [-0.1, -0.05) is 29.8 Å². The second-order valence-corrected chi connectivity index (χ2v) is 4.54. The van der Waals surface area contributed by atoms with E-state index in [0.717, 1.165) is 0 Å². The van der Waals surface area contributed by atoms with E-state index in [4.69, 9.17) is 17.3 Å². The Kier molecular flexibility index (Phi) is 4.00. The van der Waals surface area contributed by atoms with Crippen LogP contribution >= 0.6 is 11.6 Å². The highest BCUT2D eigenvalue weighted by Crippen LogP contribution is 2.23. The van der Waals surface area contributed by atoms with E-state index in [1.807, 2.05) is 6.07 Å². The summed E-state index contributed by atoms with van der Waals surface area (Å²) in [7, 11) is 0. The summed E-state index contributed by atoms with van der Waals surface area (Å²) >= 11 is 6.01. The van der Waals surface area contributed by atoms with Gasteiger partial charge >= 0.3 is 0 Å². The number of hydrogen-bond donors (Lipinski definition) is 2. The zero-order valence-electron chi connectivity index (χ0n) is 10.7. The summed E-state index contributed by atoms with van der Waals surface area (Å²) in [4.78, 5) is 27.7. The molecule has 0 fully saturated rings. The van der Waals surface area contributed by atoms with Crippen LogP contribution in [0.15, 0.2) is 36.4 Å². The van der Waals surface area contributed by atoms with Gasteiger partial charge in [0, 0.05) is 12.6 Å². The predicted octanol–water partition coefficient (Wildman–Crippen LogP) is 2.77. The number of nitrogens with zero attached hydrogens (tertiary/aromatic N) is 1. The monoisotopic (exact) mass is 289 g/mol. The molecule has 1 aromatic carbocycles. The Morgan fingerprint density at radius 3 is 2.50 bits per heavy atom. The van der Waals surface area contributed by atoms with E-state index in [0.29, 0.717) is 5.69 Å². The van der Waals surface area contributed by atoms with E-state index in [9.17, 15) is 9.59 Å². The van der Waals surface area contributed by atoms with Crippen LogP contribution in [-0.4, -0.2) is 16.7 Å². The molecule has 102 valence electrons. The van der Waals surface area contributed by atoms with Crippen molar-refractivity contribution in [1.82, 2.24) is 4.98 Å². The van der Waals surface area contributed by atoms with Gasteiger partial charge in [0.25, 0.3) is 5.91 Å². The summed E-state index contributed by atoms with van der Waals surface area (Å²) in [5, 5.41) is 2.75. The lowest BCUT2D eigenvalue weighted by Gasteiger charge is -2.10. The molecule has 1 amide bonds. The summed E-state index contributed by atoms with van der Waals surface area (Å²) in [6.07, 6.45) is 0. The molecular weight excluding hydrogens is 278 g/mol. The second-order valence-electron chi connectivity index (χ2n) is 4.13. The fraction of sp³-hybridized carbons (Fsp3) is 0.0714. The highest BCUT2D eigenvalue weighted by atomic mass is 35.5. The third-order valence-corrected chi connectivity index (χ3v) is 2.88. The number of carbonyl (C=O) groups is 2.